The lowest BCUT2D eigenvalue weighted by molar-refractivity contribution is -0.137. The van der Waals surface area contributed by atoms with Gasteiger partial charge in [0.2, 0.25) is 5.91 Å². The number of carbonyl (C=O) groups is 1. The molecule has 0 saturated carbocycles. The molecule has 0 spiro atoms. The number of nitrogens with zero attached hydrogens (tertiary/aromatic N) is 1. The molecule has 4 nitrogen and oxygen atoms in total. The van der Waals surface area contributed by atoms with Gasteiger partial charge in [-0.25, -0.2) is 0 Å². The molecule has 2 atom stereocenters. The van der Waals surface area contributed by atoms with Crippen LogP contribution in [0.25, 0.3) is 0 Å². The molecule has 1 heterocycles. The number of nitrogens with one attached hydrogen (secondary N) is 1. The summed E-state index contributed by atoms with van der Waals surface area (Å²) in [5.74, 6) is 0.209. The fourth-order valence-corrected chi connectivity index (χ4v) is 2.34. The first-order valence-corrected chi connectivity index (χ1v) is 7.27. The van der Waals surface area contributed by atoms with Crippen molar-refractivity contribution in [3.8, 4) is 0 Å². The van der Waals surface area contributed by atoms with Crippen LogP contribution in [0.1, 0.15) is 46.5 Å². The molecular formula is C14H28N2O2. The third kappa shape index (κ3) is 5.36. The van der Waals surface area contributed by atoms with E-state index in [1.54, 1.807) is 0 Å². The van der Waals surface area contributed by atoms with E-state index in [9.17, 15) is 4.79 Å². The van der Waals surface area contributed by atoms with E-state index in [4.69, 9.17) is 4.74 Å². The summed E-state index contributed by atoms with van der Waals surface area (Å²) in [6.07, 6.45) is 4.91. The molecule has 18 heavy (non-hydrogen) atoms. The molecule has 1 N–H and O–H groups in total. The molecule has 106 valence electrons. The number of ether oxygens (including phenoxy) is 1. The monoisotopic (exact) mass is 256 g/mol. The van der Waals surface area contributed by atoms with Crippen molar-refractivity contribution in [2.24, 2.45) is 0 Å². The first kappa shape index (κ1) is 15.4. The van der Waals surface area contributed by atoms with Crippen LogP contribution in [-0.4, -0.2) is 49.2 Å². The van der Waals surface area contributed by atoms with Crippen LogP contribution in [0.2, 0.25) is 0 Å². The summed E-state index contributed by atoms with van der Waals surface area (Å²) < 4.78 is 5.26. The maximum Gasteiger partial charge on any atom is 0.239 e. The van der Waals surface area contributed by atoms with Gasteiger partial charge in [-0.2, -0.15) is 0 Å². The van der Waals surface area contributed by atoms with Gasteiger partial charge in [-0.05, 0) is 20.3 Å². The minimum absolute atomic E-state index is 0.0836. The Balaban J connectivity index is 2.25. The molecule has 1 amide bonds. The first-order valence-electron chi connectivity index (χ1n) is 7.27. The quantitative estimate of drug-likeness (QED) is 0.706. The fraction of sp³-hybridized carbons (Fsp3) is 0.929. The molecule has 0 aliphatic carbocycles. The highest BCUT2D eigenvalue weighted by molar-refractivity contribution is 5.81. The summed E-state index contributed by atoms with van der Waals surface area (Å²) in [5.41, 5.74) is 0. The fourth-order valence-electron chi connectivity index (χ4n) is 2.34. The molecule has 1 rings (SSSR count). The van der Waals surface area contributed by atoms with Crippen LogP contribution in [0.4, 0.5) is 0 Å². The minimum atomic E-state index is -0.0836. The summed E-state index contributed by atoms with van der Waals surface area (Å²) in [6.45, 7) is 9.15. The van der Waals surface area contributed by atoms with Crippen molar-refractivity contribution >= 4 is 5.91 Å². The third-order valence-electron chi connectivity index (χ3n) is 3.47. The van der Waals surface area contributed by atoms with Crippen molar-refractivity contribution in [3.05, 3.63) is 0 Å². The predicted octanol–water partition coefficient (Wildman–Crippen LogP) is 1.79. The number of unbranched alkanes of at least 4 members (excludes halogenated alkanes) is 2. The van der Waals surface area contributed by atoms with Crippen molar-refractivity contribution in [3.63, 3.8) is 0 Å². The Hall–Kier alpha value is -0.610. The molecule has 0 bridgehead atoms. The van der Waals surface area contributed by atoms with E-state index in [1.165, 1.54) is 19.3 Å². The van der Waals surface area contributed by atoms with Gasteiger partial charge in [-0.1, -0.05) is 26.2 Å². The van der Waals surface area contributed by atoms with Crippen LogP contribution in [0.5, 0.6) is 0 Å². The molecule has 4 heteroatoms. The van der Waals surface area contributed by atoms with Crippen LogP contribution < -0.4 is 5.32 Å². The Morgan fingerprint density at radius 3 is 2.56 bits per heavy atom. The zero-order chi connectivity index (χ0) is 13.4. The molecule has 0 aromatic heterocycles. The number of hydrogen-bond donors (Lipinski definition) is 1. The highest BCUT2D eigenvalue weighted by atomic mass is 16.5. The summed E-state index contributed by atoms with van der Waals surface area (Å²) in [5, 5.41) is 3.40. The minimum Gasteiger partial charge on any atom is -0.378 e. The van der Waals surface area contributed by atoms with Crippen molar-refractivity contribution in [1.29, 1.82) is 0 Å². The van der Waals surface area contributed by atoms with E-state index >= 15 is 0 Å². The third-order valence-corrected chi connectivity index (χ3v) is 3.47. The Bertz CT molecular complexity index is 240. The summed E-state index contributed by atoms with van der Waals surface area (Å²) in [6, 6.07) is 0.330. The SMILES string of the molecule is CCCCCC(C)NC(C)C(=O)N1CCOCC1. The molecule has 0 aromatic carbocycles. The van der Waals surface area contributed by atoms with Crippen molar-refractivity contribution < 1.29 is 9.53 Å². The molecule has 1 fully saturated rings. The van der Waals surface area contributed by atoms with Gasteiger partial charge in [0.05, 0.1) is 19.3 Å². The van der Waals surface area contributed by atoms with E-state index in [0.29, 0.717) is 19.3 Å². The number of amides is 1. The highest BCUT2D eigenvalue weighted by Gasteiger charge is 2.22. The topological polar surface area (TPSA) is 41.6 Å². The maximum absolute atomic E-state index is 12.2. The first-order chi connectivity index (χ1) is 8.65. The standard InChI is InChI=1S/C14H28N2O2/c1-4-5-6-7-12(2)15-13(3)14(17)16-8-10-18-11-9-16/h12-13,15H,4-11H2,1-3H3. The summed E-state index contributed by atoms with van der Waals surface area (Å²) >= 11 is 0. The maximum atomic E-state index is 12.2. The Morgan fingerprint density at radius 2 is 1.94 bits per heavy atom. The van der Waals surface area contributed by atoms with Gasteiger partial charge in [0, 0.05) is 19.1 Å². The van der Waals surface area contributed by atoms with Crippen molar-refractivity contribution in [2.75, 3.05) is 26.3 Å². The molecule has 1 saturated heterocycles. The van der Waals surface area contributed by atoms with Crippen LogP contribution >= 0.6 is 0 Å². The van der Waals surface area contributed by atoms with Gasteiger partial charge in [-0.15, -0.1) is 0 Å². The van der Waals surface area contributed by atoms with Gasteiger partial charge in [-0.3, -0.25) is 4.79 Å². The zero-order valence-corrected chi connectivity index (χ0v) is 12.1. The zero-order valence-electron chi connectivity index (χ0n) is 12.1. The van der Waals surface area contributed by atoms with E-state index in [1.807, 2.05) is 11.8 Å². The van der Waals surface area contributed by atoms with Gasteiger partial charge in [0.25, 0.3) is 0 Å². The number of morpholine rings is 1. The smallest absolute Gasteiger partial charge is 0.239 e. The number of carbonyl (C=O) groups excluding carboxylic acids is 1. The van der Waals surface area contributed by atoms with Crippen LogP contribution in [0.3, 0.4) is 0 Å². The molecule has 1 aliphatic heterocycles. The second-order valence-electron chi connectivity index (χ2n) is 5.22. The van der Waals surface area contributed by atoms with Gasteiger partial charge >= 0.3 is 0 Å². The van der Waals surface area contributed by atoms with Crippen molar-refractivity contribution in [2.45, 2.75) is 58.5 Å². The number of rotatable bonds is 7. The summed E-state index contributed by atoms with van der Waals surface area (Å²) in [7, 11) is 0. The lowest BCUT2D eigenvalue weighted by atomic mass is 10.1. The second-order valence-corrected chi connectivity index (χ2v) is 5.22. The van der Waals surface area contributed by atoms with E-state index in [-0.39, 0.29) is 11.9 Å². The van der Waals surface area contributed by atoms with Crippen LogP contribution in [-0.2, 0) is 9.53 Å². The average Bonchev–Trinajstić information content (AvgIpc) is 2.39. The van der Waals surface area contributed by atoms with Crippen molar-refractivity contribution in [1.82, 2.24) is 10.2 Å². The Labute approximate surface area is 111 Å². The van der Waals surface area contributed by atoms with Gasteiger partial charge < -0.3 is 15.0 Å². The largest absolute Gasteiger partial charge is 0.378 e. The Kier molecular flexibility index (Phi) is 7.28. The number of hydrogen-bond acceptors (Lipinski definition) is 3. The average molecular weight is 256 g/mol. The Morgan fingerprint density at radius 1 is 1.28 bits per heavy atom. The van der Waals surface area contributed by atoms with E-state index in [2.05, 4.69) is 19.2 Å². The van der Waals surface area contributed by atoms with E-state index < -0.39 is 0 Å². The normalized spacial score (nSPS) is 19.6. The van der Waals surface area contributed by atoms with Crippen LogP contribution in [0, 0.1) is 0 Å². The van der Waals surface area contributed by atoms with Gasteiger partial charge in [0.15, 0.2) is 0 Å². The highest BCUT2D eigenvalue weighted by Crippen LogP contribution is 2.06. The predicted molar refractivity (Wildman–Crippen MR) is 73.6 cm³/mol. The molecule has 1 aliphatic rings. The molecular weight excluding hydrogens is 228 g/mol. The van der Waals surface area contributed by atoms with E-state index in [0.717, 1.165) is 19.5 Å². The second kappa shape index (κ2) is 8.48. The van der Waals surface area contributed by atoms with Gasteiger partial charge in [0.1, 0.15) is 0 Å². The lowest BCUT2D eigenvalue weighted by Crippen LogP contribution is -2.51. The lowest BCUT2D eigenvalue weighted by Gasteiger charge is -2.30. The summed E-state index contributed by atoms with van der Waals surface area (Å²) in [4.78, 5) is 14.1. The van der Waals surface area contributed by atoms with Crippen LogP contribution in [0.15, 0.2) is 0 Å². The molecule has 0 radical (unpaired) electrons. The molecule has 2 unspecified atom stereocenters. The molecule has 0 aromatic rings.